The van der Waals surface area contributed by atoms with Gasteiger partial charge in [-0.15, -0.1) is 0 Å². The van der Waals surface area contributed by atoms with Crippen LogP contribution < -0.4 is 10.6 Å². The molecule has 0 amide bonds. The van der Waals surface area contributed by atoms with Crippen LogP contribution >= 0.6 is 0 Å². The molecule has 0 bridgehead atoms. The average molecular weight is 379 g/mol. The van der Waals surface area contributed by atoms with Crippen LogP contribution in [0.1, 0.15) is 0 Å². The maximum Gasteiger partial charge on any atom is 0.132 e. The lowest BCUT2D eigenvalue weighted by molar-refractivity contribution is -0.109. The van der Waals surface area contributed by atoms with Crippen LogP contribution in [0.4, 0.5) is 17.1 Å². The molecule has 29 heavy (non-hydrogen) atoms. The fraction of sp³-hybridized carbons (Fsp3) is 0.0400. The van der Waals surface area contributed by atoms with Crippen molar-refractivity contribution in [1.82, 2.24) is 0 Å². The maximum atomic E-state index is 11.8. The van der Waals surface area contributed by atoms with Crippen LogP contribution in [0.2, 0.25) is 0 Å². The molecule has 0 saturated carbocycles. The monoisotopic (exact) mass is 379 g/mol. The van der Waals surface area contributed by atoms with Gasteiger partial charge in [-0.1, -0.05) is 54.6 Å². The van der Waals surface area contributed by atoms with Gasteiger partial charge in [-0.25, -0.2) is 4.99 Å². The first-order valence-corrected chi connectivity index (χ1v) is 9.49. The van der Waals surface area contributed by atoms with Crippen molar-refractivity contribution in [3.8, 4) is 0 Å². The number of carbonyl (C=O) groups excluding carboxylic acids is 1. The fourth-order valence-corrected chi connectivity index (χ4v) is 3.11. The minimum Gasteiger partial charge on any atom is -0.358 e. The highest BCUT2D eigenvalue weighted by Gasteiger charge is 2.21. The number of carbonyl (C=O) groups is 1. The third-order valence-electron chi connectivity index (χ3n) is 4.54. The topological polar surface area (TPSA) is 53.5 Å². The van der Waals surface area contributed by atoms with Gasteiger partial charge in [-0.2, -0.15) is 0 Å². The third kappa shape index (κ3) is 4.68. The largest absolute Gasteiger partial charge is 0.358 e. The van der Waals surface area contributed by atoms with E-state index in [-0.39, 0.29) is 0 Å². The Kier molecular flexibility index (Phi) is 5.63. The molecule has 4 heteroatoms. The molecule has 3 aromatic rings. The number of nitrogens with zero attached hydrogens (tertiary/aromatic N) is 1. The van der Waals surface area contributed by atoms with Crippen LogP contribution in [0.3, 0.4) is 0 Å². The van der Waals surface area contributed by atoms with E-state index in [9.17, 15) is 4.79 Å². The molecule has 1 aliphatic rings. The molecule has 142 valence electrons. The van der Waals surface area contributed by atoms with Gasteiger partial charge >= 0.3 is 0 Å². The van der Waals surface area contributed by atoms with Crippen LogP contribution in [0.25, 0.3) is 0 Å². The molecule has 3 aromatic carbocycles. The van der Waals surface area contributed by atoms with Gasteiger partial charge in [-0.05, 0) is 48.6 Å². The number of hydrogen-bond donors (Lipinski definition) is 2. The Bertz CT molecular complexity index is 1050. The highest BCUT2D eigenvalue weighted by Crippen LogP contribution is 2.26. The lowest BCUT2D eigenvalue weighted by atomic mass is 9.96. The van der Waals surface area contributed by atoms with Gasteiger partial charge in [0.1, 0.15) is 6.29 Å². The molecule has 0 spiro atoms. The van der Waals surface area contributed by atoms with Crippen molar-refractivity contribution < 1.29 is 4.79 Å². The summed E-state index contributed by atoms with van der Waals surface area (Å²) in [5, 5.41) is 6.76. The number of allylic oxidation sites excluding steroid dienone is 2. The second-order valence-electron chi connectivity index (χ2n) is 6.66. The summed E-state index contributed by atoms with van der Waals surface area (Å²) in [4.78, 5) is 16.6. The summed E-state index contributed by atoms with van der Waals surface area (Å²) in [6.45, 7) is 0. The number of para-hydroxylation sites is 3. The van der Waals surface area contributed by atoms with Gasteiger partial charge in [0.2, 0.25) is 0 Å². The highest BCUT2D eigenvalue weighted by molar-refractivity contribution is 6.13. The van der Waals surface area contributed by atoms with Gasteiger partial charge < -0.3 is 15.4 Å². The molecule has 1 unspecified atom stereocenters. The molecule has 0 heterocycles. The van der Waals surface area contributed by atoms with E-state index in [0.717, 1.165) is 40.5 Å². The second-order valence-corrected chi connectivity index (χ2v) is 6.66. The number of rotatable bonds is 6. The van der Waals surface area contributed by atoms with Crippen molar-refractivity contribution in [2.75, 3.05) is 10.6 Å². The smallest absolute Gasteiger partial charge is 0.132 e. The van der Waals surface area contributed by atoms with Gasteiger partial charge in [0, 0.05) is 17.1 Å². The Morgan fingerprint density at radius 3 is 1.86 bits per heavy atom. The zero-order valence-electron chi connectivity index (χ0n) is 15.8. The van der Waals surface area contributed by atoms with E-state index >= 15 is 0 Å². The van der Waals surface area contributed by atoms with Crippen molar-refractivity contribution >= 4 is 29.1 Å². The number of anilines is 2. The highest BCUT2D eigenvalue weighted by atomic mass is 16.1. The predicted octanol–water partition coefficient (Wildman–Crippen LogP) is 5.58. The minimum absolute atomic E-state index is 0.392. The van der Waals surface area contributed by atoms with Crippen LogP contribution in [0.15, 0.2) is 120 Å². The minimum atomic E-state index is -0.392. The standard InChI is InChI=1S/C25H21N3O/c29-18-19-16-24(27-21-12-6-2-7-13-21)25(28-22-14-8-3-9-15-22)17-23(19)26-20-10-4-1-5-11-20/h1-19,26-27H. The first-order chi connectivity index (χ1) is 14.3. The Balaban J connectivity index is 1.71. The second kappa shape index (κ2) is 8.85. The van der Waals surface area contributed by atoms with E-state index in [1.54, 1.807) is 0 Å². The quantitative estimate of drug-likeness (QED) is 0.550. The van der Waals surface area contributed by atoms with E-state index in [0.29, 0.717) is 0 Å². The van der Waals surface area contributed by atoms with Gasteiger partial charge in [0.25, 0.3) is 0 Å². The van der Waals surface area contributed by atoms with Crippen LogP contribution in [0.5, 0.6) is 0 Å². The van der Waals surface area contributed by atoms with E-state index < -0.39 is 5.92 Å². The molecular weight excluding hydrogens is 358 g/mol. The Labute approximate surface area is 170 Å². The lowest BCUT2D eigenvalue weighted by Gasteiger charge is -2.23. The van der Waals surface area contributed by atoms with Gasteiger partial charge in [0.05, 0.1) is 23.0 Å². The molecule has 0 aliphatic heterocycles. The lowest BCUT2D eigenvalue weighted by Crippen LogP contribution is -2.23. The zero-order chi connectivity index (χ0) is 19.9. The molecule has 2 N–H and O–H groups in total. The van der Waals surface area contributed by atoms with Crippen LogP contribution in [0, 0.1) is 5.92 Å². The first kappa shape index (κ1) is 18.4. The summed E-state index contributed by atoms with van der Waals surface area (Å²) in [6.07, 6.45) is 4.78. The number of nitrogens with one attached hydrogen (secondary N) is 2. The fourth-order valence-electron chi connectivity index (χ4n) is 3.11. The Morgan fingerprint density at radius 2 is 1.28 bits per heavy atom. The molecule has 0 radical (unpaired) electrons. The van der Waals surface area contributed by atoms with Crippen LogP contribution in [-0.4, -0.2) is 12.0 Å². The summed E-state index contributed by atoms with van der Waals surface area (Å²) in [6, 6.07) is 29.5. The average Bonchev–Trinajstić information content (AvgIpc) is 2.77. The van der Waals surface area contributed by atoms with Crippen molar-refractivity contribution in [3.05, 3.63) is 115 Å². The van der Waals surface area contributed by atoms with Crippen molar-refractivity contribution in [1.29, 1.82) is 0 Å². The number of benzene rings is 3. The van der Waals surface area contributed by atoms with E-state index in [1.807, 2.05) is 103 Å². The molecule has 0 fully saturated rings. The zero-order valence-corrected chi connectivity index (χ0v) is 15.8. The molecule has 1 atom stereocenters. The van der Waals surface area contributed by atoms with E-state index in [4.69, 9.17) is 4.99 Å². The molecule has 0 aromatic heterocycles. The molecule has 4 rings (SSSR count). The van der Waals surface area contributed by atoms with Crippen molar-refractivity contribution in [3.63, 3.8) is 0 Å². The molecule has 0 saturated heterocycles. The summed E-state index contributed by atoms with van der Waals surface area (Å²) in [7, 11) is 0. The van der Waals surface area contributed by atoms with Crippen molar-refractivity contribution in [2.45, 2.75) is 0 Å². The number of aldehydes is 1. The summed E-state index contributed by atoms with van der Waals surface area (Å²) >= 11 is 0. The van der Waals surface area contributed by atoms with Gasteiger partial charge in [-0.3, -0.25) is 0 Å². The predicted molar refractivity (Wildman–Crippen MR) is 119 cm³/mol. The Morgan fingerprint density at radius 1 is 0.724 bits per heavy atom. The van der Waals surface area contributed by atoms with E-state index in [1.165, 1.54) is 0 Å². The van der Waals surface area contributed by atoms with E-state index in [2.05, 4.69) is 10.6 Å². The van der Waals surface area contributed by atoms with Gasteiger partial charge in [0.15, 0.2) is 0 Å². The molecular formula is C25H21N3O. The Hall–Kier alpha value is -3.92. The van der Waals surface area contributed by atoms with Crippen molar-refractivity contribution in [2.24, 2.45) is 10.9 Å². The SMILES string of the molecule is O=CC1C=C(Nc2ccccc2)C(=Nc2ccccc2)C=C1Nc1ccccc1. The number of aliphatic imine (C=N–C) groups is 1. The maximum absolute atomic E-state index is 11.8. The molecule has 1 aliphatic carbocycles. The molecule has 4 nitrogen and oxygen atoms in total. The number of hydrogen-bond acceptors (Lipinski definition) is 4. The summed E-state index contributed by atoms with van der Waals surface area (Å²) < 4.78 is 0. The summed E-state index contributed by atoms with van der Waals surface area (Å²) in [5.41, 5.74) is 5.07. The normalized spacial score (nSPS) is 17.2. The third-order valence-corrected chi connectivity index (χ3v) is 4.54. The first-order valence-electron chi connectivity index (χ1n) is 9.49. The summed E-state index contributed by atoms with van der Waals surface area (Å²) in [5.74, 6) is -0.392. The van der Waals surface area contributed by atoms with Crippen LogP contribution in [-0.2, 0) is 4.79 Å².